The van der Waals surface area contributed by atoms with Crippen molar-refractivity contribution in [3.63, 3.8) is 0 Å². The number of phenolic OH excluding ortho intramolecular Hbond substituents is 2. The SMILES string of the molecule is CSc1nccc(-c2cn[nH]c2-c2ccc(O)c(O)c2)n1. The van der Waals surface area contributed by atoms with Crippen molar-refractivity contribution in [2.45, 2.75) is 5.16 Å². The third-order valence-electron chi connectivity index (χ3n) is 3.00. The molecule has 0 bridgehead atoms. The highest BCUT2D eigenvalue weighted by atomic mass is 32.2. The highest BCUT2D eigenvalue weighted by Crippen LogP contribution is 2.34. The first kappa shape index (κ1) is 13.4. The van der Waals surface area contributed by atoms with Gasteiger partial charge in [0, 0.05) is 17.3 Å². The molecule has 0 atom stereocenters. The number of aromatic hydroxyl groups is 2. The minimum absolute atomic E-state index is 0.161. The molecule has 1 aromatic carbocycles. The summed E-state index contributed by atoms with van der Waals surface area (Å²) < 4.78 is 0. The molecule has 0 saturated heterocycles. The fourth-order valence-electron chi connectivity index (χ4n) is 1.97. The predicted octanol–water partition coefficient (Wildman–Crippen LogP) is 2.67. The Morgan fingerprint density at radius 1 is 1.14 bits per heavy atom. The molecule has 3 rings (SSSR count). The molecule has 0 aliphatic carbocycles. The number of phenols is 2. The first-order valence-electron chi connectivity index (χ1n) is 6.12. The van der Waals surface area contributed by atoms with E-state index in [2.05, 4.69) is 20.2 Å². The molecule has 0 unspecified atom stereocenters. The van der Waals surface area contributed by atoms with Crippen molar-refractivity contribution in [2.75, 3.05) is 6.26 Å². The Labute approximate surface area is 124 Å². The molecule has 106 valence electrons. The number of thioether (sulfide) groups is 1. The second-order valence-corrected chi connectivity index (χ2v) is 5.06. The molecule has 2 heterocycles. The van der Waals surface area contributed by atoms with Crippen LogP contribution in [0.15, 0.2) is 41.8 Å². The van der Waals surface area contributed by atoms with E-state index in [1.807, 2.05) is 6.26 Å². The topological polar surface area (TPSA) is 94.9 Å². The normalized spacial score (nSPS) is 10.7. The van der Waals surface area contributed by atoms with E-state index >= 15 is 0 Å². The molecular weight excluding hydrogens is 288 g/mol. The van der Waals surface area contributed by atoms with E-state index in [1.165, 1.54) is 23.9 Å². The van der Waals surface area contributed by atoms with Crippen LogP contribution in [0.1, 0.15) is 0 Å². The van der Waals surface area contributed by atoms with Crippen LogP contribution in [-0.4, -0.2) is 36.6 Å². The average Bonchev–Trinajstić information content (AvgIpc) is 2.99. The van der Waals surface area contributed by atoms with Gasteiger partial charge in [-0.2, -0.15) is 5.10 Å². The summed E-state index contributed by atoms with van der Waals surface area (Å²) in [4.78, 5) is 8.58. The Morgan fingerprint density at radius 2 is 2.00 bits per heavy atom. The second-order valence-electron chi connectivity index (χ2n) is 4.29. The van der Waals surface area contributed by atoms with Crippen molar-refractivity contribution >= 4 is 11.8 Å². The number of aromatic amines is 1. The van der Waals surface area contributed by atoms with Gasteiger partial charge in [0.15, 0.2) is 16.7 Å². The van der Waals surface area contributed by atoms with Crippen molar-refractivity contribution in [3.05, 3.63) is 36.7 Å². The van der Waals surface area contributed by atoms with Crippen molar-refractivity contribution in [1.29, 1.82) is 0 Å². The maximum absolute atomic E-state index is 9.63. The quantitative estimate of drug-likeness (QED) is 0.391. The Balaban J connectivity index is 2.09. The lowest BCUT2D eigenvalue weighted by molar-refractivity contribution is 0.404. The van der Waals surface area contributed by atoms with Crippen molar-refractivity contribution in [3.8, 4) is 34.0 Å². The summed E-state index contributed by atoms with van der Waals surface area (Å²) in [6.45, 7) is 0. The molecule has 0 spiro atoms. The maximum atomic E-state index is 9.63. The third kappa shape index (κ3) is 2.55. The van der Waals surface area contributed by atoms with Crippen LogP contribution in [0, 0.1) is 0 Å². The minimum atomic E-state index is -0.180. The summed E-state index contributed by atoms with van der Waals surface area (Å²) in [6.07, 6.45) is 5.28. The van der Waals surface area contributed by atoms with Gasteiger partial charge in [-0.25, -0.2) is 9.97 Å². The summed E-state index contributed by atoms with van der Waals surface area (Å²) in [5.41, 5.74) is 2.97. The van der Waals surface area contributed by atoms with E-state index in [0.717, 1.165) is 17.0 Å². The Morgan fingerprint density at radius 3 is 2.76 bits per heavy atom. The Kier molecular flexibility index (Phi) is 3.49. The van der Waals surface area contributed by atoms with E-state index in [1.54, 1.807) is 24.5 Å². The van der Waals surface area contributed by atoms with Gasteiger partial charge in [0.2, 0.25) is 0 Å². The molecule has 0 aliphatic rings. The number of nitrogens with zero attached hydrogens (tertiary/aromatic N) is 3. The lowest BCUT2D eigenvalue weighted by Gasteiger charge is -2.05. The van der Waals surface area contributed by atoms with Crippen LogP contribution in [0.2, 0.25) is 0 Å². The number of H-pyrrole nitrogens is 1. The summed E-state index contributed by atoms with van der Waals surface area (Å²) >= 11 is 1.46. The van der Waals surface area contributed by atoms with Gasteiger partial charge in [0.05, 0.1) is 17.6 Å². The number of aromatic nitrogens is 4. The van der Waals surface area contributed by atoms with Crippen LogP contribution < -0.4 is 0 Å². The van der Waals surface area contributed by atoms with Crippen LogP contribution in [0.3, 0.4) is 0 Å². The van der Waals surface area contributed by atoms with Gasteiger partial charge in [-0.05, 0) is 30.5 Å². The number of nitrogens with one attached hydrogen (secondary N) is 1. The fourth-order valence-corrected chi connectivity index (χ4v) is 2.32. The zero-order chi connectivity index (χ0) is 14.8. The average molecular weight is 300 g/mol. The fraction of sp³-hybridized carbons (Fsp3) is 0.0714. The van der Waals surface area contributed by atoms with Crippen molar-refractivity contribution < 1.29 is 10.2 Å². The monoisotopic (exact) mass is 300 g/mol. The van der Waals surface area contributed by atoms with Gasteiger partial charge in [-0.3, -0.25) is 5.10 Å². The van der Waals surface area contributed by atoms with Gasteiger partial charge >= 0.3 is 0 Å². The van der Waals surface area contributed by atoms with Crippen LogP contribution in [0.25, 0.3) is 22.5 Å². The van der Waals surface area contributed by atoms with Crippen LogP contribution in [0.5, 0.6) is 11.5 Å². The zero-order valence-corrected chi connectivity index (χ0v) is 11.9. The molecule has 7 heteroatoms. The van der Waals surface area contributed by atoms with Gasteiger partial charge in [-0.15, -0.1) is 0 Å². The molecule has 0 amide bonds. The van der Waals surface area contributed by atoms with E-state index in [0.29, 0.717) is 10.7 Å². The van der Waals surface area contributed by atoms with Crippen LogP contribution in [0.4, 0.5) is 0 Å². The Hall–Kier alpha value is -2.54. The molecule has 21 heavy (non-hydrogen) atoms. The highest BCUT2D eigenvalue weighted by molar-refractivity contribution is 7.98. The standard InChI is InChI=1S/C14H12N4O2S/c1-21-14-15-5-4-10(17-14)9-7-16-18-13(9)8-2-3-11(19)12(20)6-8/h2-7,19-20H,1H3,(H,16,18). The lowest BCUT2D eigenvalue weighted by atomic mass is 10.1. The van der Waals surface area contributed by atoms with Crippen LogP contribution >= 0.6 is 11.8 Å². The van der Waals surface area contributed by atoms with E-state index < -0.39 is 0 Å². The number of rotatable bonds is 3. The molecule has 2 aromatic heterocycles. The van der Waals surface area contributed by atoms with Gasteiger partial charge in [-0.1, -0.05) is 11.8 Å². The molecule has 3 aromatic rings. The largest absolute Gasteiger partial charge is 0.504 e. The zero-order valence-electron chi connectivity index (χ0n) is 11.1. The summed E-state index contributed by atoms with van der Waals surface area (Å²) in [6, 6.07) is 6.41. The van der Waals surface area contributed by atoms with E-state index in [9.17, 15) is 10.2 Å². The molecule has 3 N–H and O–H groups in total. The second kappa shape index (κ2) is 5.45. The first-order chi connectivity index (χ1) is 10.2. The molecule has 0 saturated carbocycles. The smallest absolute Gasteiger partial charge is 0.187 e. The van der Waals surface area contributed by atoms with E-state index in [4.69, 9.17) is 0 Å². The maximum Gasteiger partial charge on any atom is 0.187 e. The van der Waals surface area contributed by atoms with Gasteiger partial charge in [0.1, 0.15) is 0 Å². The third-order valence-corrected chi connectivity index (χ3v) is 3.56. The first-order valence-corrected chi connectivity index (χ1v) is 7.34. The highest BCUT2D eigenvalue weighted by Gasteiger charge is 2.13. The van der Waals surface area contributed by atoms with Crippen molar-refractivity contribution in [2.24, 2.45) is 0 Å². The van der Waals surface area contributed by atoms with Gasteiger partial charge < -0.3 is 10.2 Å². The molecule has 0 radical (unpaired) electrons. The summed E-state index contributed by atoms with van der Waals surface area (Å²) in [5.74, 6) is -0.341. The molecule has 6 nitrogen and oxygen atoms in total. The van der Waals surface area contributed by atoms with E-state index in [-0.39, 0.29) is 11.5 Å². The predicted molar refractivity (Wildman–Crippen MR) is 80.2 cm³/mol. The molecule has 0 fully saturated rings. The summed E-state index contributed by atoms with van der Waals surface area (Å²) in [7, 11) is 0. The lowest BCUT2D eigenvalue weighted by Crippen LogP contribution is -1.90. The van der Waals surface area contributed by atoms with Gasteiger partial charge in [0.25, 0.3) is 0 Å². The number of hydrogen-bond acceptors (Lipinski definition) is 6. The molecule has 0 aliphatic heterocycles. The minimum Gasteiger partial charge on any atom is -0.504 e. The van der Waals surface area contributed by atoms with Crippen LogP contribution in [-0.2, 0) is 0 Å². The number of hydrogen-bond donors (Lipinski definition) is 3. The Bertz CT molecular complexity index is 788. The van der Waals surface area contributed by atoms with Crippen molar-refractivity contribution in [1.82, 2.24) is 20.2 Å². The summed E-state index contributed by atoms with van der Waals surface area (Å²) in [5, 5.41) is 26.6. The number of benzene rings is 1. The molecular formula is C14H12N4O2S.